The molecule has 3 N–H and O–H groups in total. The van der Waals surface area contributed by atoms with Gasteiger partial charge in [0.15, 0.2) is 0 Å². The molecular weight excluding hydrogens is 308 g/mol. The number of nitrogens with two attached hydrogens (primary N) is 1. The summed E-state index contributed by atoms with van der Waals surface area (Å²) in [7, 11) is 1.99. The first-order valence-corrected chi connectivity index (χ1v) is 7.69. The molecule has 5 nitrogen and oxygen atoms in total. The highest BCUT2D eigenvalue weighted by atomic mass is 79.9. The van der Waals surface area contributed by atoms with E-state index in [0.29, 0.717) is 5.92 Å². The standard InChI is InChI=1S/C13H23BrN4O/c1-3-11-13(14)12(18(2)17-11)7-10(16-15)6-9-4-5-19-8-9/h9-10,16H,3-8,15H2,1-2H3. The van der Waals surface area contributed by atoms with E-state index in [2.05, 4.69) is 33.4 Å². The number of rotatable bonds is 6. The maximum Gasteiger partial charge on any atom is 0.0766 e. The van der Waals surface area contributed by atoms with Gasteiger partial charge in [0, 0.05) is 32.7 Å². The molecule has 0 bridgehead atoms. The number of hydrogen-bond donors (Lipinski definition) is 2. The Morgan fingerprint density at radius 3 is 2.95 bits per heavy atom. The summed E-state index contributed by atoms with van der Waals surface area (Å²) in [5, 5.41) is 4.52. The van der Waals surface area contributed by atoms with Crippen LogP contribution in [0, 0.1) is 5.92 Å². The van der Waals surface area contributed by atoms with E-state index in [1.165, 1.54) is 5.69 Å². The number of nitrogens with zero attached hydrogens (tertiary/aromatic N) is 2. The zero-order valence-corrected chi connectivity index (χ0v) is 13.2. The average molecular weight is 331 g/mol. The third kappa shape index (κ3) is 3.56. The molecule has 1 aromatic heterocycles. The van der Waals surface area contributed by atoms with Crippen molar-refractivity contribution in [2.24, 2.45) is 18.8 Å². The van der Waals surface area contributed by atoms with Gasteiger partial charge >= 0.3 is 0 Å². The SMILES string of the molecule is CCc1nn(C)c(CC(CC2CCOC2)NN)c1Br. The van der Waals surface area contributed by atoms with Gasteiger partial charge in [-0.05, 0) is 41.1 Å². The van der Waals surface area contributed by atoms with Crippen molar-refractivity contribution in [3.05, 3.63) is 15.9 Å². The second-order valence-corrected chi connectivity index (χ2v) is 6.01. The highest BCUT2D eigenvalue weighted by Gasteiger charge is 2.23. The Hall–Kier alpha value is -0.430. The number of halogens is 1. The zero-order chi connectivity index (χ0) is 13.8. The fourth-order valence-corrected chi connectivity index (χ4v) is 3.44. The molecule has 1 fully saturated rings. The average Bonchev–Trinajstić information content (AvgIpc) is 3.00. The summed E-state index contributed by atoms with van der Waals surface area (Å²) >= 11 is 3.66. The molecule has 1 aromatic rings. The summed E-state index contributed by atoms with van der Waals surface area (Å²) in [4.78, 5) is 0. The minimum Gasteiger partial charge on any atom is -0.381 e. The van der Waals surface area contributed by atoms with Crippen LogP contribution in [0.5, 0.6) is 0 Å². The molecule has 1 aliphatic rings. The van der Waals surface area contributed by atoms with Crippen molar-refractivity contribution in [3.8, 4) is 0 Å². The summed E-state index contributed by atoms with van der Waals surface area (Å²) in [6.45, 7) is 3.87. The molecule has 0 aliphatic carbocycles. The number of hydrazine groups is 1. The van der Waals surface area contributed by atoms with Gasteiger partial charge in [-0.2, -0.15) is 5.10 Å². The van der Waals surface area contributed by atoms with Gasteiger partial charge in [-0.25, -0.2) is 0 Å². The number of aromatic nitrogens is 2. The second-order valence-electron chi connectivity index (χ2n) is 5.22. The zero-order valence-electron chi connectivity index (χ0n) is 11.7. The van der Waals surface area contributed by atoms with Crippen LogP contribution in [0.3, 0.4) is 0 Å². The number of hydrogen-bond acceptors (Lipinski definition) is 4. The largest absolute Gasteiger partial charge is 0.381 e. The molecule has 2 unspecified atom stereocenters. The predicted octanol–water partition coefficient (Wildman–Crippen LogP) is 1.55. The maximum absolute atomic E-state index is 5.70. The van der Waals surface area contributed by atoms with Gasteiger partial charge in [0.05, 0.1) is 15.9 Å². The van der Waals surface area contributed by atoms with Crippen LogP contribution in [0.25, 0.3) is 0 Å². The van der Waals surface area contributed by atoms with E-state index < -0.39 is 0 Å². The lowest BCUT2D eigenvalue weighted by atomic mass is 9.96. The Morgan fingerprint density at radius 2 is 2.42 bits per heavy atom. The van der Waals surface area contributed by atoms with E-state index in [9.17, 15) is 0 Å². The van der Waals surface area contributed by atoms with Crippen LogP contribution in [-0.2, 0) is 24.6 Å². The molecule has 2 rings (SSSR count). The lowest BCUT2D eigenvalue weighted by Crippen LogP contribution is -2.38. The fourth-order valence-electron chi connectivity index (χ4n) is 2.66. The molecule has 108 valence electrons. The molecule has 0 spiro atoms. The molecule has 1 aliphatic heterocycles. The normalized spacial score (nSPS) is 20.9. The van der Waals surface area contributed by atoms with Crippen LogP contribution >= 0.6 is 15.9 Å². The van der Waals surface area contributed by atoms with Crippen LogP contribution in [-0.4, -0.2) is 29.0 Å². The number of nitrogens with one attached hydrogen (secondary N) is 1. The third-order valence-electron chi connectivity index (χ3n) is 3.82. The van der Waals surface area contributed by atoms with Crippen molar-refractivity contribution in [2.75, 3.05) is 13.2 Å². The van der Waals surface area contributed by atoms with Crippen LogP contribution in [0.4, 0.5) is 0 Å². The van der Waals surface area contributed by atoms with E-state index in [-0.39, 0.29) is 6.04 Å². The minimum absolute atomic E-state index is 0.267. The Kier molecular flexibility index (Phi) is 5.38. The molecule has 0 radical (unpaired) electrons. The van der Waals surface area contributed by atoms with Crippen molar-refractivity contribution in [3.63, 3.8) is 0 Å². The maximum atomic E-state index is 5.70. The van der Waals surface area contributed by atoms with Crippen LogP contribution in [0.15, 0.2) is 4.47 Å². The third-order valence-corrected chi connectivity index (χ3v) is 4.74. The predicted molar refractivity (Wildman–Crippen MR) is 78.6 cm³/mol. The van der Waals surface area contributed by atoms with Gasteiger partial charge in [0.1, 0.15) is 0 Å². The van der Waals surface area contributed by atoms with Crippen molar-refractivity contribution in [1.82, 2.24) is 15.2 Å². The highest BCUT2D eigenvalue weighted by molar-refractivity contribution is 9.10. The van der Waals surface area contributed by atoms with Crippen molar-refractivity contribution in [2.45, 2.75) is 38.6 Å². The van der Waals surface area contributed by atoms with E-state index in [1.807, 2.05) is 11.7 Å². The molecule has 2 heterocycles. The quantitative estimate of drug-likeness (QED) is 0.613. The van der Waals surface area contributed by atoms with Crippen molar-refractivity contribution >= 4 is 15.9 Å². The topological polar surface area (TPSA) is 65.1 Å². The summed E-state index contributed by atoms with van der Waals surface area (Å²) < 4.78 is 8.51. The summed E-state index contributed by atoms with van der Waals surface area (Å²) in [5.74, 6) is 6.33. The lowest BCUT2D eigenvalue weighted by molar-refractivity contribution is 0.181. The van der Waals surface area contributed by atoms with Gasteiger partial charge in [-0.3, -0.25) is 16.0 Å². The van der Waals surface area contributed by atoms with Crippen LogP contribution < -0.4 is 11.3 Å². The Balaban J connectivity index is 2.02. The van der Waals surface area contributed by atoms with Gasteiger partial charge in [0.2, 0.25) is 0 Å². The molecule has 0 amide bonds. The first kappa shape index (κ1) is 15.0. The van der Waals surface area contributed by atoms with Gasteiger partial charge < -0.3 is 4.74 Å². The number of aryl methyl sites for hydroxylation is 2. The number of ether oxygens (including phenoxy) is 1. The van der Waals surface area contributed by atoms with E-state index in [4.69, 9.17) is 10.6 Å². The van der Waals surface area contributed by atoms with E-state index in [0.717, 1.165) is 49.1 Å². The van der Waals surface area contributed by atoms with E-state index in [1.54, 1.807) is 0 Å². The monoisotopic (exact) mass is 330 g/mol. The Bertz CT molecular complexity index is 415. The lowest BCUT2D eigenvalue weighted by Gasteiger charge is -2.19. The van der Waals surface area contributed by atoms with Crippen molar-refractivity contribution < 1.29 is 4.74 Å². The van der Waals surface area contributed by atoms with E-state index >= 15 is 0 Å². The van der Waals surface area contributed by atoms with Crippen LogP contribution in [0.2, 0.25) is 0 Å². The van der Waals surface area contributed by atoms with Gasteiger partial charge in [-0.1, -0.05) is 6.92 Å². The molecule has 0 aromatic carbocycles. The second kappa shape index (κ2) is 6.83. The molecular formula is C13H23BrN4O. The van der Waals surface area contributed by atoms with Gasteiger partial charge in [0.25, 0.3) is 0 Å². The first-order valence-electron chi connectivity index (χ1n) is 6.89. The highest BCUT2D eigenvalue weighted by Crippen LogP contribution is 2.25. The first-order chi connectivity index (χ1) is 9.15. The van der Waals surface area contributed by atoms with Crippen LogP contribution in [0.1, 0.15) is 31.2 Å². The van der Waals surface area contributed by atoms with Gasteiger partial charge in [-0.15, -0.1) is 0 Å². The fraction of sp³-hybridized carbons (Fsp3) is 0.769. The Morgan fingerprint density at radius 1 is 1.63 bits per heavy atom. The molecule has 6 heteroatoms. The summed E-state index contributed by atoms with van der Waals surface area (Å²) in [6.07, 6.45) is 4.02. The minimum atomic E-state index is 0.267. The molecule has 19 heavy (non-hydrogen) atoms. The smallest absolute Gasteiger partial charge is 0.0766 e. The molecule has 2 atom stereocenters. The summed E-state index contributed by atoms with van der Waals surface area (Å²) in [5.41, 5.74) is 5.26. The molecule has 1 saturated heterocycles. The molecule has 0 saturated carbocycles. The Labute approximate surface area is 123 Å². The summed E-state index contributed by atoms with van der Waals surface area (Å²) in [6, 6.07) is 0.267. The van der Waals surface area contributed by atoms with Crippen molar-refractivity contribution in [1.29, 1.82) is 0 Å².